The van der Waals surface area contributed by atoms with Crippen molar-refractivity contribution >= 4 is 5.91 Å². The van der Waals surface area contributed by atoms with E-state index in [-0.39, 0.29) is 5.91 Å². The Bertz CT molecular complexity index is 268. The van der Waals surface area contributed by atoms with E-state index in [0.29, 0.717) is 25.4 Å². The summed E-state index contributed by atoms with van der Waals surface area (Å²) in [4.78, 5) is 13.9. The minimum absolute atomic E-state index is 0.0367. The number of nitrogens with zero attached hydrogens (tertiary/aromatic N) is 3. The van der Waals surface area contributed by atoms with E-state index in [9.17, 15) is 4.79 Å². The minimum atomic E-state index is 0.0367. The molecule has 5 nitrogen and oxygen atoms in total. The lowest BCUT2D eigenvalue weighted by atomic mass is 10.1. The highest BCUT2D eigenvalue weighted by Crippen LogP contribution is 2.19. The molecular formula is C9H14N4O. The average Bonchev–Trinajstić information content (AvgIpc) is 2.65. The maximum absolute atomic E-state index is 11.3. The second-order valence-electron chi connectivity index (χ2n) is 3.27. The van der Waals surface area contributed by atoms with E-state index < -0.39 is 0 Å². The van der Waals surface area contributed by atoms with Crippen molar-refractivity contribution in [1.82, 2.24) is 5.32 Å². The molecule has 1 amide bonds. The highest BCUT2D eigenvalue weighted by atomic mass is 16.1. The molecule has 1 unspecified atom stereocenters. The molecular weight excluding hydrogens is 180 g/mol. The zero-order valence-electron chi connectivity index (χ0n) is 8.02. The van der Waals surface area contributed by atoms with Crippen LogP contribution in [-0.2, 0) is 4.79 Å². The van der Waals surface area contributed by atoms with Gasteiger partial charge < -0.3 is 5.32 Å². The van der Waals surface area contributed by atoms with Crippen molar-refractivity contribution in [2.45, 2.75) is 19.3 Å². The number of hydrogen-bond donors (Lipinski definition) is 1. The zero-order chi connectivity index (χ0) is 10.2. The van der Waals surface area contributed by atoms with Gasteiger partial charge in [-0.25, -0.2) is 0 Å². The lowest BCUT2D eigenvalue weighted by Crippen LogP contribution is -2.27. The van der Waals surface area contributed by atoms with E-state index in [1.54, 1.807) is 0 Å². The van der Waals surface area contributed by atoms with Crippen LogP contribution < -0.4 is 5.32 Å². The predicted molar refractivity (Wildman–Crippen MR) is 53.5 cm³/mol. The summed E-state index contributed by atoms with van der Waals surface area (Å²) in [6.07, 6.45) is 6.90. The molecule has 76 valence electrons. The van der Waals surface area contributed by atoms with Crippen LogP contribution in [0.5, 0.6) is 0 Å². The maximum atomic E-state index is 11.3. The number of amides is 1. The molecule has 0 bridgehead atoms. The standard InChI is InChI=1S/C9H14N4O/c10-13-12-6-5-11-9(14)7-8-3-1-2-4-8/h1,3,8H,2,4-7H2,(H,11,14). The van der Waals surface area contributed by atoms with Gasteiger partial charge in [0.25, 0.3) is 0 Å². The summed E-state index contributed by atoms with van der Waals surface area (Å²) in [5.41, 5.74) is 8.00. The molecule has 0 aromatic rings. The molecule has 0 spiro atoms. The van der Waals surface area contributed by atoms with E-state index >= 15 is 0 Å². The summed E-state index contributed by atoms with van der Waals surface area (Å²) >= 11 is 0. The van der Waals surface area contributed by atoms with Crippen molar-refractivity contribution in [3.8, 4) is 0 Å². The summed E-state index contributed by atoms with van der Waals surface area (Å²) in [6.45, 7) is 0.752. The predicted octanol–water partition coefficient (Wildman–Crippen LogP) is 1.77. The Hall–Kier alpha value is -1.48. The van der Waals surface area contributed by atoms with Crippen molar-refractivity contribution in [1.29, 1.82) is 0 Å². The number of azide groups is 1. The smallest absolute Gasteiger partial charge is 0.220 e. The van der Waals surface area contributed by atoms with E-state index in [1.165, 1.54) is 0 Å². The Balaban J connectivity index is 2.09. The quantitative estimate of drug-likeness (QED) is 0.234. The molecule has 1 N–H and O–H groups in total. The fourth-order valence-electron chi connectivity index (χ4n) is 1.47. The van der Waals surface area contributed by atoms with Crippen LogP contribution >= 0.6 is 0 Å². The minimum Gasteiger partial charge on any atom is -0.356 e. The number of hydrogen-bond acceptors (Lipinski definition) is 2. The summed E-state index contributed by atoms with van der Waals surface area (Å²) in [6, 6.07) is 0. The molecule has 0 saturated carbocycles. The van der Waals surface area contributed by atoms with Gasteiger partial charge in [0.1, 0.15) is 0 Å². The Morgan fingerprint density at radius 2 is 2.57 bits per heavy atom. The number of carbonyl (C=O) groups is 1. The van der Waals surface area contributed by atoms with Crippen LogP contribution in [-0.4, -0.2) is 19.0 Å². The van der Waals surface area contributed by atoms with Gasteiger partial charge in [-0.2, -0.15) is 0 Å². The van der Waals surface area contributed by atoms with Crippen molar-refractivity contribution in [3.63, 3.8) is 0 Å². The molecule has 0 radical (unpaired) electrons. The molecule has 0 aromatic carbocycles. The third-order valence-corrected chi connectivity index (χ3v) is 2.16. The van der Waals surface area contributed by atoms with Gasteiger partial charge in [0, 0.05) is 24.4 Å². The Morgan fingerprint density at radius 3 is 3.21 bits per heavy atom. The number of nitrogens with one attached hydrogen (secondary N) is 1. The summed E-state index contributed by atoms with van der Waals surface area (Å²) in [5, 5.41) is 6.03. The number of carbonyl (C=O) groups excluding carboxylic acids is 1. The van der Waals surface area contributed by atoms with Gasteiger partial charge in [-0.15, -0.1) is 0 Å². The molecule has 0 fully saturated rings. The molecule has 1 aliphatic carbocycles. The van der Waals surface area contributed by atoms with Gasteiger partial charge in [0.2, 0.25) is 5.91 Å². The van der Waals surface area contributed by atoms with Crippen molar-refractivity contribution in [3.05, 3.63) is 22.6 Å². The zero-order valence-corrected chi connectivity index (χ0v) is 8.02. The molecule has 0 heterocycles. The van der Waals surface area contributed by atoms with Crippen LogP contribution in [0, 0.1) is 5.92 Å². The van der Waals surface area contributed by atoms with E-state index in [1.807, 2.05) is 0 Å². The van der Waals surface area contributed by atoms with Gasteiger partial charge in [0.15, 0.2) is 0 Å². The van der Waals surface area contributed by atoms with Gasteiger partial charge in [-0.3, -0.25) is 4.79 Å². The van der Waals surface area contributed by atoms with Crippen LogP contribution in [0.2, 0.25) is 0 Å². The monoisotopic (exact) mass is 194 g/mol. The molecule has 1 aliphatic rings. The van der Waals surface area contributed by atoms with Crippen LogP contribution in [0.1, 0.15) is 19.3 Å². The molecule has 5 heteroatoms. The average molecular weight is 194 g/mol. The second kappa shape index (κ2) is 6.05. The van der Waals surface area contributed by atoms with Crippen LogP contribution in [0.4, 0.5) is 0 Å². The Morgan fingerprint density at radius 1 is 1.71 bits per heavy atom. The third kappa shape index (κ3) is 3.96. The van der Waals surface area contributed by atoms with Crippen LogP contribution in [0.15, 0.2) is 17.3 Å². The summed E-state index contributed by atoms with van der Waals surface area (Å²) < 4.78 is 0. The molecule has 14 heavy (non-hydrogen) atoms. The second-order valence-corrected chi connectivity index (χ2v) is 3.27. The van der Waals surface area contributed by atoms with Crippen molar-refractivity contribution in [2.75, 3.05) is 13.1 Å². The lowest BCUT2D eigenvalue weighted by Gasteiger charge is -2.07. The normalized spacial score (nSPS) is 19.0. The first-order valence-corrected chi connectivity index (χ1v) is 4.77. The van der Waals surface area contributed by atoms with Gasteiger partial charge in [-0.1, -0.05) is 17.3 Å². The van der Waals surface area contributed by atoms with Gasteiger partial charge in [0.05, 0.1) is 0 Å². The number of rotatable bonds is 5. The first-order valence-electron chi connectivity index (χ1n) is 4.77. The highest BCUT2D eigenvalue weighted by molar-refractivity contribution is 5.76. The van der Waals surface area contributed by atoms with Crippen molar-refractivity contribution in [2.24, 2.45) is 11.0 Å². The first kappa shape index (κ1) is 10.6. The Labute approximate surface area is 82.8 Å². The lowest BCUT2D eigenvalue weighted by molar-refractivity contribution is -0.121. The highest BCUT2D eigenvalue weighted by Gasteiger charge is 2.12. The van der Waals surface area contributed by atoms with Crippen LogP contribution in [0.25, 0.3) is 10.4 Å². The van der Waals surface area contributed by atoms with Crippen LogP contribution in [0.3, 0.4) is 0 Å². The largest absolute Gasteiger partial charge is 0.356 e. The first-order chi connectivity index (χ1) is 6.83. The maximum Gasteiger partial charge on any atom is 0.220 e. The molecule has 0 aliphatic heterocycles. The molecule has 0 aromatic heterocycles. The molecule has 1 rings (SSSR count). The SMILES string of the molecule is [N-]=[N+]=NCCNC(=O)CC1C=CCC1. The van der Waals surface area contributed by atoms with E-state index in [4.69, 9.17) is 5.53 Å². The fourth-order valence-corrected chi connectivity index (χ4v) is 1.47. The van der Waals surface area contributed by atoms with Gasteiger partial charge >= 0.3 is 0 Å². The molecule has 0 saturated heterocycles. The third-order valence-electron chi connectivity index (χ3n) is 2.16. The summed E-state index contributed by atoms with van der Waals surface area (Å²) in [5.74, 6) is 0.434. The molecule has 1 atom stereocenters. The van der Waals surface area contributed by atoms with Crippen molar-refractivity contribution < 1.29 is 4.79 Å². The number of allylic oxidation sites excluding steroid dienone is 2. The van der Waals surface area contributed by atoms with E-state index in [0.717, 1.165) is 12.8 Å². The Kier molecular flexibility index (Phi) is 4.58. The fraction of sp³-hybridized carbons (Fsp3) is 0.667. The van der Waals surface area contributed by atoms with E-state index in [2.05, 4.69) is 27.5 Å². The topological polar surface area (TPSA) is 77.9 Å². The van der Waals surface area contributed by atoms with Gasteiger partial charge in [-0.05, 0) is 24.3 Å². The summed E-state index contributed by atoms with van der Waals surface area (Å²) in [7, 11) is 0.